The Bertz CT molecular complexity index is 1210. The number of aromatic hydroxyl groups is 1. The summed E-state index contributed by atoms with van der Waals surface area (Å²) in [6.45, 7) is 0. The molecule has 0 unspecified atom stereocenters. The van der Waals surface area contributed by atoms with Crippen LogP contribution in [-0.4, -0.2) is 28.1 Å². The lowest BCUT2D eigenvalue weighted by molar-refractivity contribution is 0.100. The first-order chi connectivity index (χ1) is 14.0. The molecule has 4 N–H and O–H groups in total. The van der Waals surface area contributed by atoms with Gasteiger partial charge in [-0.2, -0.15) is 0 Å². The van der Waals surface area contributed by atoms with Crippen molar-refractivity contribution in [3.05, 3.63) is 72.6 Å². The van der Waals surface area contributed by atoms with Gasteiger partial charge in [-0.15, -0.1) is 0 Å². The zero-order valence-corrected chi connectivity index (χ0v) is 15.6. The molecular formula is C22H18N4O3. The van der Waals surface area contributed by atoms with Crippen molar-refractivity contribution >= 4 is 28.3 Å². The molecule has 0 aliphatic rings. The SMILES string of the molecule is COc1cc(-c2ccc3ncnc(Nc4ccc(C(N)=O)cc4)c3c2)ccc1O. The van der Waals surface area contributed by atoms with E-state index in [-0.39, 0.29) is 5.75 Å². The second-order valence-electron chi connectivity index (χ2n) is 6.41. The molecule has 0 bridgehead atoms. The molecule has 1 amide bonds. The largest absolute Gasteiger partial charge is 0.504 e. The minimum Gasteiger partial charge on any atom is -0.504 e. The molecule has 0 saturated carbocycles. The van der Waals surface area contributed by atoms with E-state index < -0.39 is 5.91 Å². The number of nitrogens with one attached hydrogen (secondary N) is 1. The molecule has 1 aromatic heterocycles. The van der Waals surface area contributed by atoms with Crippen LogP contribution >= 0.6 is 0 Å². The molecule has 3 aromatic carbocycles. The van der Waals surface area contributed by atoms with Crippen LogP contribution in [0, 0.1) is 0 Å². The van der Waals surface area contributed by atoms with Crippen LogP contribution in [0.3, 0.4) is 0 Å². The molecular weight excluding hydrogens is 368 g/mol. The number of phenolic OH excluding ortho intramolecular Hbond substituents is 1. The Kier molecular flexibility index (Phi) is 4.70. The summed E-state index contributed by atoms with van der Waals surface area (Å²) in [5, 5.41) is 13.9. The summed E-state index contributed by atoms with van der Waals surface area (Å²) in [5.41, 5.74) is 9.10. The number of fused-ring (bicyclic) bond motifs is 1. The Morgan fingerprint density at radius 1 is 1.00 bits per heavy atom. The predicted octanol–water partition coefficient (Wildman–Crippen LogP) is 3.85. The van der Waals surface area contributed by atoms with E-state index in [1.54, 1.807) is 36.4 Å². The Morgan fingerprint density at radius 2 is 1.72 bits per heavy atom. The van der Waals surface area contributed by atoms with Gasteiger partial charge >= 0.3 is 0 Å². The van der Waals surface area contributed by atoms with Crippen LogP contribution in [0.1, 0.15) is 10.4 Å². The van der Waals surface area contributed by atoms with Crippen LogP contribution in [0.15, 0.2) is 67.0 Å². The van der Waals surface area contributed by atoms with Crippen LogP contribution < -0.4 is 15.8 Å². The topological polar surface area (TPSA) is 110 Å². The second kappa shape index (κ2) is 7.47. The fraction of sp³-hybridized carbons (Fsp3) is 0.0455. The van der Waals surface area contributed by atoms with E-state index in [0.29, 0.717) is 17.1 Å². The summed E-state index contributed by atoms with van der Waals surface area (Å²) >= 11 is 0. The molecule has 0 radical (unpaired) electrons. The Morgan fingerprint density at radius 3 is 2.45 bits per heavy atom. The van der Waals surface area contributed by atoms with Gasteiger partial charge in [0.2, 0.25) is 5.91 Å². The number of nitrogens with zero attached hydrogens (tertiary/aromatic N) is 2. The normalized spacial score (nSPS) is 10.7. The van der Waals surface area contributed by atoms with E-state index in [1.165, 1.54) is 13.4 Å². The number of carbonyl (C=O) groups excluding carboxylic acids is 1. The molecule has 0 spiro atoms. The van der Waals surface area contributed by atoms with Gasteiger partial charge in [0.25, 0.3) is 0 Å². The van der Waals surface area contributed by atoms with Crippen molar-refractivity contribution in [2.45, 2.75) is 0 Å². The van der Waals surface area contributed by atoms with Crippen LogP contribution in [0.25, 0.3) is 22.0 Å². The lowest BCUT2D eigenvalue weighted by Crippen LogP contribution is -2.10. The summed E-state index contributed by atoms with van der Waals surface area (Å²) in [4.78, 5) is 19.9. The third-order valence-electron chi connectivity index (χ3n) is 4.58. The number of aromatic nitrogens is 2. The number of nitrogens with two attached hydrogens (primary N) is 1. The van der Waals surface area contributed by atoms with Crippen molar-refractivity contribution in [1.29, 1.82) is 0 Å². The average Bonchev–Trinajstić information content (AvgIpc) is 2.74. The highest BCUT2D eigenvalue weighted by Gasteiger charge is 2.09. The van der Waals surface area contributed by atoms with Crippen molar-refractivity contribution in [2.75, 3.05) is 12.4 Å². The van der Waals surface area contributed by atoms with E-state index in [0.717, 1.165) is 27.7 Å². The molecule has 4 rings (SSSR count). The van der Waals surface area contributed by atoms with E-state index in [1.807, 2.05) is 24.3 Å². The van der Waals surface area contributed by atoms with Gasteiger partial charge in [-0.25, -0.2) is 9.97 Å². The van der Waals surface area contributed by atoms with Crippen molar-refractivity contribution in [3.63, 3.8) is 0 Å². The van der Waals surface area contributed by atoms with Crippen molar-refractivity contribution in [3.8, 4) is 22.6 Å². The maximum atomic E-state index is 11.2. The maximum absolute atomic E-state index is 11.2. The van der Waals surface area contributed by atoms with E-state index in [2.05, 4.69) is 15.3 Å². The van der Waals surface area contributed by atoms with Gasteiger partial charge in [-0.05, 0) is 59.7 Å². The Balaban J connectivity index is 1.73. The zero-order valence-electron chi connectivity index (χ0n) is 15.6. The quantitative estimate of drug-likeness (QED) is 0.480. The van der Waals surface area contributed by atoms with Gasteiger partial charge in [-0.1, -0.05) is 12.1 Å². The van der Waals surface area contributed by atoms with E-state index in [4.69, 9.17) is 10.5 Å². The third kappa shape index (κ3) is 3.66. The average molecular weight is 386 g/mol. The minimum atomic E-state index is -0.474. The fourth-order valence-corrected chi connectivity index (χ4v) is 3.05. The number of anilines is 2. The smallest absolute Gasteiger partial charge is 0.248 e. The standard InChI is InChI=1S/C22H18N4O3/c1-29-20-11-15(5-9-19(20)27)14-4-8-18-17(10-14)22(25-12-24-18)26-16-6-2-13(3-7-16)21(23)28/h2-12,27H,1H3,(H2,23,28)(H,24,25,26). The predicted molar refractivity (Wildman–Crippen MR) is 111 cm³/mol. The summed E-state index contributed by atoms with van der Waals surface area (Å²) in [6, 6.07) is 17.9. The number of hydrogen-bond acceptors (Lipinski definition) is 6. The van der Waals surface area contributed by atoms with Gasteiger partial charge in [0, 0.05) is 16.6 Å². The number of hydrogen-bond donors (Lipinski definition) is 3. The molecule has 0 aliphatic heterocycles. The van der Waals surface area contributed by atoms with Gasteiger partial charge in [0.1, 0.15) is 12.1 Å². The lowest BCUT2D eigenvalue weighted by atomic mass is 10.0. The van der Waals surface area contributed by atoms with Gasteiger partial charge in [0.05, 0.1) is 12.6 Å². The fourth-order valence-electron chi connectivity index (χ4n) is 3.05. The maximum Gasteiger partial charge on any atom is 0.248 e. The summed E-state index contributed by atoms with van der Waals surface area (Å²) in [5.74, 6) is 0.648. The summed E-state index contributed by atoms with van der Waals surface area (Å²) in [6.07, 6.45) is 1.49. The highest BCUT2D eigenvalue weighted by atomic mass is 16.5. The highest BCUT2D eigenvalue weighted by molar-refractivity contribution is 5.95. The Hall–Kier alpha value is -4.13. The number of benzene rings is 3. The van der Waals surface area contributed by atoms with Crippen LogP contribution in [0.5, 0.6) is 11.5 Å². The summed E-state index contributed by atoms with van der Waals surface area (Å²) in [7, 11) is 1.51. The van der Waals surface area contributed by atoms with E-state index >= 15 is 0 Å². The minimum absolute atomic E-state index is 0.0853. The van der Waals surface area contributed by atoms with Crippen LogP contribution in [-0.2, 0) is 0 Å². The monoisotopic (exact) mass is 386 g/mol. The number of amides is 1. The molecule has 7 nitrogen and oxygen atoms in total. The first-order valence-electron chi connectivity index (χ1n) is 8.84. The molecule has 7 heteroatoms. The summed E-state index contributed by atoms with van der Waals surface area (Å²) < 4.78 is 5.20. The first kappa shape index (κ1) is 18.2. The number of primary amides is 1. The van der Waals surface area contributed by atoms with Crippen LogP contribution in [0.2, 0.25) is 0 Å². The molecule has 0 saturated heterocycles. The molecule has 0 fully saturated rings. The number of rotatable bonds is 5. The van der Waals surface area contributed by atoms with E-state index in [9.17, 15) is 9.90 Å². The molecule has 4 aromatic rings. The highest BCUT2D eigenvalue weighted by Crippen LogP contribution is 2.33. The van der Waals surface area contributed by atoms with Crippen LogP contribution in [0.4, 0.5) is 11.5 Å². The van der Waals surface area contributed by atoms with Crippen molar-refractivity contribution in [1.82, 2.24) is 9.97 Å². The van der Waals surface area contributed by atoms with Gasteiger partial charge in [0.15, 0.2) is 11.5 Å². The molecule has 0 aliphatic carbocycles. The number of phenols is 1. The number of ether oxygens (including phenoxy) is 1. The Labute approximate surface area is 166 Å². The van der Waals surface area contributed by atoms with Gasteiger partial charge < -0.3 is 20.9 Å². The van der Waals surface area contributed by atoms with Gasteiger partial charge in [-0.3, -0.25) is 4.79 Å². The zero-order chi connectivity index (χ0) is 20.4. The molecule has 1 heterocycles. The number of carbonyl (C=O) groups is 1. The molecule has 0 atom stereocenters. The third-order valence-corrected chi connectivity index (χ3v) is 4.58. The number of methoxy groups -OCH3 is 1. The molecule has 144 valence electrons. The second-order valence-corrected chi connectivity index (χ2v) is 6.41. The first-order valence-corrected chi connectivity index (χ1v) is 8.84. The van der Waals surface area contributed by atoms with Crippen molar-refractivity contribution < 1.29 is 14.6 Å². The molecule has 29 heavy (non-hydrogen) atoms. The van der Waals surface area contributed by atoms with Crippen molar-refractivity contribution in [2.24, 2.45) is 5.73 Å². The lowest BCUT2D eigenvalue weighted by Gasteiger charge is -2.11.